The molecule has 0 aromatic heterocycles. The van der Waals surface area contributed by atoms with Crippen molar-refractivity contribution in [3.8, 4) is 0 Å². The number of benzene rings is 1. The van der Waals surface area contributed by atoms with Gasteiger partial charge in [0.15, 0.2) is 0 Å². The summed E-state index contributed by atoms with van der Waals surface area (Å²) < 4.78 is 0. The zero-order valence-electron chi connectivity index (χ0n) is 11.4. The summed E-state index contributed by atoms with van der Waals surface area (Å²) in [7, 11) is 0. The molecular weight excluding hydrogens is 192 g/mol. The second-order valence-corrected chi connectivity index (χ2v) is 4.27. The summed E-state index contributed by atoms with van der Waals surface area (Å²) in [6.07, 6.45) is 5.62. The van der Waals surface area contributed by atoms with Crippen LogP contribution in [0.2, 0.25) is 0 Å². The Morgan fingerprint density at radius 3 is 2.00 bits per heavy atom. The van der Waals surface area contributed by atoms with Crippen LogP contribution in [0, 0.1) is 0 Å². The van der Waals surface area contributed by atoms with E-state index in [2.05, 4.69) is 52.8 Å². The van der Waals surface area contributed by atoms with E-state index >= 15 is 0 Å². The number of aryl methyl sites for hydroxylation is 2. The summed E-state index contributed by atoms with van der Waals surface area (Å²) in [5, 5.41) is 0. The van der Waals surface area contributed by atoms with E-state index in [-0.39, 0.29) is 0 Å². The monoisotopic (exact) mass is 216 g/mol. The standard InChI is InChI=1S/C16H24/c1-6-12(5)16-14(8-3)11-10-13(7-2)15(16)9-4/h6,10-11H,7-9H2,1-5H3/b12-6-. The van der Waals surface area contributed by atoms with Gasteiger partial charge in [-0.05, 0) is 60.9 Å². The molecule has 88 valence electrons. The average Bonchev–Trinajstić information content (AvgIpc) is 2.35. The SMILES string of the molecule is C/C=C(/C)c1c(CC)ccc(CC)c1CC. The Bertz CT molecular complexity index is 383. The van der Waals surface area contributed by atoms with Gasteiger partial charge in [0.2, 0.25) is 0 Å². The lowest BCUT2D eigenvalue weighted by atomic mass is 9.88. The minimum atomic E-state index is 1.12. The molecule has 0 saturated heterocycles. The molecule has 0 amide bonds. The predicted molar refractivity (Wildman–Crippen MR) is 73.9 cm³/mol. The van der Waals surface area contributed by atoms with Gasteiger partial charge in [0.05, 0.1) is 0 Å². The van der Waals surface area contributed by atoms with E-state index < -0.39 is 0 Å². The average molecular weight is 216 g/mol. The number of rotatable bonds is 4. The maximum Gasteiger partial charge on any atom is -0.0164 e. The third-order valence-electron chi connectivity index (χ3n) is 3.44. The molecule has 0 heteroatoms. The first-order chi connectivity index (χ1) is 7.69. The first kappa shape index (κ1) is 13.0. The van der Waals surface area contributed by atoms with E-state index in [0.717, 1.165) is 19.3 Å². The van der Waals surface area contributed by atoms with Crippen LogP contribution >= 0.6 is 0 Å². The van der Waals surface area contributed by atoms with Crippen LogP contribution in [0.3, 0.4) is 0 Å². The first-order valence-corrected chi connectivity index (χ1v) is 6.46. The Morgan fingerprint density at radius 1 is 1.00 bits per heavy atom. The van der Waals surface area contributed by atoms with Gasteiger partial charge in [-0.3, -0.25) is 0 Å². The summed E-state index contributed by atoms with van der Waals surface area (Å²) in [6, 6.07) is 4.62. The summed E-state index contributed by atoms with van der Waals surface area (Å²) in [5.41, 5.74) is 7.48. The van der Waals surface area contributed by atoms with E-state index in [0.29, 0.717) is 0 Å². The minimum absolute atomic E-state index is 1.12. The minimum Gasteiger partial charge on any atom is -0.0841 e. The van der Waals surface area contributed by atoms with Gasteiger partial charge >= 0.3 is 0 Å². The summed E-state index contributed by atoms with van der Waals surface area (Å²) in [6.45, 7) is 11.1. The molecule has 0 bridgehead atoms. The van der Waals surface area contributed by atoms with Crippen molar-refractivity contribution in [1.29, 1.82) is 0 Å². The summed E-state index contributed by atoms with van der Waals surface area (Å²) in [4.78, 5) is 0. The van der Waals surface area contributed by atoms with Crippen molar-refractivity contribution in [2.24, 2.45) is 0 Å². The van der Waals surface area contributed by atoms with Crippen LogP contribution in [-0.4, -0.2) is 0 Å². The third-order valence-corrected chi connectivity index (χ3v) is 3.44. The van der Waals surface area contributed by atoms with Gasteiger partial charge in [0, 0.05) is 0 Å². The van der Waals surface area contributed by atoms with Crippen LogP contribution in [0.4, 0.5) is 0 Å². The molecule has 0 spiro atoms. The molecule has 0 radical (unpaired) electrons. The van der Waals surface area contributed by atoms with Crippen LogP contribution in [0.1, 0.15) is 56.9 Å². The molecular formula is C16H24. The van der Waals surface area contributed by atoms with Gasteiger partial charge in [-0.15, -0.1) is 0 Å². The summed E-state index contributed by atoms with van der Waals surface area (Å²) in [5.74, 6) is 0. The van der Waals surface area contributed by atoms with Crippen molar-refractivity contribution < 1.29 is 0 Å². The summed E-state index contributed by atoms with van der Waals surface area (Å²) >= 11 is 0. The highest BCUT2D eigenvalue weighted by Gasteiger charge is 2.11. The van der Waals surface area contributed by atoms with Crippen molar-refractivity contribution in [3.05, 3.63) is 40.5 Å². The second-order valence-electron chi connectivity index (χ2n) is 4.27. The lowest BCUT2D eigenvalue weighted by Crippen LogP contribution is -2.01. The fourth-order valence-corrected chi connectivity index (χ4v) is 2.40. The number of allylic oxidation sites excluding steroid dienone is 2. The Hall–Kier alpha value is -1.04. The van der Waals surface area contributed by atoms with Gasteiger partial charge in [-0.1, -0.05) is 39.0 Å². The molecule has 0 nitrogen and oxygen atoms in total. The molecule has 16 heavy (non-hydrogen) atoms. The lowest BCUT2D eigenvalue weighted by molar-refractivity contribution is 1.00. The molecule has 1 aromatic carbocycles. The van der Waals surface area contributed by atoms with Gasteiger partial charge in [0.1, 0.15) is 0 Å². The van der Waals surface area contributed by atoms with Crippen LogP contribution < -0.4 is 0 Å². The normalized spacial score (nSPS) is 11.9. The van der Waals surface area contributed by atoms with E-state index in [1.54, 1.807) is 5.56 Å². The van der Waals surface area contributed by atoms with Crippen LogP contribution in [0.25, 0.3) is 5.57 Å². The fourth-order valence-electron chi connectivity index (χ4n) is 2.40. The van der Waals surface area contributed by atoms with Crippen LogP contribution in [0.15, 0.2) is 18.2 Å². The maximum atomic E-state index is 2.31. The van der Waals surface area contributed by atoms with Crippen molar-refractivity contribution in [2.75, 3.05) is 0 Å². The van der Waals surface area contributed by atoms with Crippen molar-refractivity contribution in [2.45, 2.75) is 53.9 Å². The molecule has 0 fully saturated rings. The predicted octanol–water partition coefficient (Wildman–Crippen LogP) is 4.80. The molecule has 0 aliphatic carbocycles. The Kier molecular flexibility index (Phi) is 4.79. The maximum absolute atomic E-state index is 2.31. The molecule has 0 unspecified atom stereocenters. The van der Waals surface area contributed by atoms with Crippen molar-refractivity contribution in [3.63, 3.8) is 0 Å². The number of hydrogen-bond acceptors (Lipinski definition) is 0. The van der Waals surface area contributed by atoms with E-state index in [4.69, 9.17) is 0 Å². The molecule has 0 heterocycles. The largest absolute Gasteiger partial charge is 0.0841 e. The van der Waals surface area contributed by atoms with E-state index in [1.165, 1.54) is 22.3 Å². The van der Waals surface area contributed by atoms with E-state index in [9.17, 15) is 0 Å². The molecule has 0 N–H and O–H groups in total. The van der Waals surface area contributed by atoms with Gasteiger partial charge in [-0.25, -0.2) is 0 Å². The Morgan fingerprint density at radius 2 is 1.56 bits per heavy atom. The molecule has 0 saturated carbocycles. The zero-order chi connectivity index (χ0) is 12.1. The topological polar surface area (TPSA) is 0 Å². The second kappa shape index (κ2) is 5.89. The molecule has 1 rings (SSSR count). The highest BCUT2D eigenvalue weighted by Crippen LogP contribution is 2.27. The van der Waals surface area contributed by atoms with Crippen LogP contribution in [0.5, 0.6) is 0 Å². The highest BCUT2D eigenvalue weighted by atomic mass is 14.2. The fraction of sp³-hybridized carbons (Fsp3) is 0.500. The molecule has 0 aliphatic rings. The third kappa shape index (κ3) is 2.37. The van der Waals surface area contributed by atoms with Gasteiger partial charge < -0.3 is 0 Å². The molecule has 0 aliphatic heterocycles. The smallest absolute Gasteiger partial charge is 0.0164 e. The number of hydrogen-bond donors (Lipinski definition) is 0. The van der Waals surface area contributed by atoms with Gasteiger partial charge in [0.25, 0.3) is 0 Å². The van der Waals surface area contributed by atoms with E-state index in [1.807, 2.05) is 0 Å². The first-order valence-electron chi connectivity index (χ1n) is 6.46. The molecule has 1 aromatic rings. The molecule has 0 atom stereocenters. The van der Waals surface area contributed by atoms with Crippen molar-refractivity contribution >= 4 is 5.57 Å². The van der Waals surface area contributed by atoms with Crippen LogP contribution in [-0.2, 0) is 19.3 Å². The zero-order valence-corrected chi connectivity index (χ0v) is 11.4. The Balaban J connectivity index is 3.49. The Labute approximate surface area is 100 Å². The van der Waals surface area contributed by atoms with Crippen molar-refractivity contribution in [1.82, 2.24) is 0 Å². The highest BCUT2D eigenvalue weighted by molar-refractivity contribution is 5.70. The quantitative estimate of drug-likeness (QED) is 0.678. The lowest BCUT2D eigenvalue weighted by Gasteiger charge is -2.17. The van der Waals surface area contributed by atoms with Gasteiger partial charge in [-0.2, -0.15) is 0 Å².